The summed E-state index contributed by atoms with van der Waals surface area (Å²) >= 11 is 0. The van der Waals surface area contributed by atoms with Gasteiger partial charge in [-0.25, -0.2) is 0 Å². The zero-order valence-corrected chi connectivity index (χ0v) is 15.0. The highest BCUT2D eigenvalue weighted by Crippen LogP contribution is 2.66. The minimum atomic E-state index is -4.41. The molecule has 6 rings (SSSR count). The Morgan fingerprint density at radius 2 is 1.89 bits per heavy atom. The number of alkyl halides is 3. The topological polar surface area (TPSA) is 49.4 Å². The minimum absolute atomic E-state index is 0.124. The summed E-state index contributed by atoms with van der Waals surface area (Å²) < 4.78 is 38.5. The molecule has 0 spiro atoms. The van der Waals surface area contributed by atoms with Crippen LogP contribution in [-0.4, -0.2) is 28.8 Å². The van der Waals surface area contributed by atoms with E-state index in [1.54, 1.807) is 11.8 Å². The zero-order valence-electron chi connectivity index (χ0n) is 15.0. The number of carbonyl (C=O) groups is 2. The lowest BCUT2D eigenvalue weighted by atomic mass is 9.44. The van der Waals surface area contributed by atoms with Crippen molar-refractivity contribution >= 4 is 17.5 Å². The summed E-state index contributed by atoms with van der Waals surface area (Å²) in [6.45, 7) is 1.54. The van der Waals surface area contributed by atoms with Gasteiger partial charge in [0.15, 0.2) is 0 Å². The Labute approximate surface area is 155 Å². The molecule has 27 heavy (non-hydrogen) atoms. The molecule has 0 aromatic heterocycles. The number of fused-ring (bicyclic) bond motifs is 1. The average Bonchev–Trinajstić information content (AvgIpc) is 3.15. The van der Waals surface area contributed by atoms with Crippen molar-refractivity contribution in [3.63, 3.8) is 0 Å². The molecule has 1 saturated heterocycles. The maximum atomic E-state index is 13.0. The quantitative estimate of drug-likeness (QED) is 0.871. The summed E-state index contributed by atoms with van der Waals surface area (Å²) in [4.78, 5) is 27.7. The third-order valence-electron chi connectivity index (χ3n) is 6.95. The van der Waals surface area contributed by atoms with Gasteiger partial charge in [-0.2, -0.15) is 13.2 Å². The molecule has 5 fully saturated rings. The molecule has 4 aliphatic carbocycles. The highest BCUT2D eigenvalue weighted by atomic mass is 19.4. The molecule has 0 unspecified atom stereocenters. The van der Waals surface area contributed by atoms with Gasteiger partial charge in [-0.15, -0.1) is 0 Å². The summed E-state index contributed by atoms with van der Waals surface area (Å²) in [5.74, 6) is 0.920. The Balaban J connectivity index is 1.33. The summed E-state index contributed by atoms with van der Waals surface area (Å²) in [5, 5.41) is 2.76. The summed E-state index contributed by atoms with van der Waals surface area (Å²) in [7, 11) is 0. The van der Waals surface area contributed by atoms with Crippen molar-refractivity contribution in [1.29, 1.82) is 0 Å². The first-order valence-corrected chi connectivity index (χ1v) is 9.49. The van der Waals surface area contributed by atoms with Gasteiger partial charge in [0.05, 0.1) is 11.0 Å². The van der Waals surface area contributed by atoms with E-state index < -0.39 is 17.8 Å². The van der Waals surface area contributed by atoms with Gasteiger partial charge in [-0.05, 0) is 74.6 Å². The van der Waals surface area contributed by atoms with E-state index in [1.807, 2.05) is 0 Å². The van der Waals surface area contributed by atoms with Crippen LogP contribution in [0.4, 0.5) is 18.9 Å². The van der Waals surface area contributed by atoms with Crippen molar-refractivity contribution in [2.45, 2.75) is 57.3 Å². The summed E-state index contributed by atoms with van der Waals surface area (Å²) in [6, 6.07) is 2.97. The summed E-state index contributed by atoms with van der Waals surface area (Å²) in [6.07, 6.45) is 0.0614. The number of rotatable bonds is 3. The van der Waals surface area contributed by atoms with Crippen LogP contribution < -0.4 is 5.32 Å². The summed E-state index contributed by atoms with van der Waals surface area (Å²) in [5.41, 5.74) is -0.226. The Morgan fingerprint density at radius 3 is 2.44 bits per heavy atom. The zero-order chi connectivity index (χ0) is 19.1. The lowest BCUT2D eigenvalue weighted by Gasteiger charge is -2.61. The van der Waals surface area contributed by atoms with Crippen molar-refractivity contribution in [2.24, 2.45) is 17.3 Å². The van der Waals surface area contributed by atoms with Crippen LogP contribution in [0.15, 0.2) is 18.2 Å². The fraction of sp³-hybridized carbons (Fsp3) is 0.600. The minimum Gasteiger partial charge on any atom is -0.327 e. The third-order valence-corrected chi connectivity index (χ3v) is 6.95. The van der Waals surface area contributed by atoms with Crippen LogP contribution in [-0.2, 0) is 15.8 Å². The van der Waals surface area contributed by atoms with E-state index in [0.29, 0.717) is 29.5 Å². The second kappa shape index (κ2) is 5.26. The van der Waals surface area contributed by atoms with Gasteiger partial charge in [0.25, 0.3) is 0 Å². The largest absolute Gasteiger partial charge is 0.416 e. The van der Waals surface area contributed by atoms with E-state index in [9.17, 15) is 22.8 Å². The first-order chi connectivity index (χ1) is 12.7. The first kappa shape index (κ1) is 17.1. The fourth-order valence-electron chi connectivity index (χ4n) is 5.19. The number of aryl methyl sites for hydroxylation is 1. The maximum Gasteiger partial charge on any atom is 0.416 e. The van der Waals surface area contributed by atoms with Crippen LogP contribution in [0.25, 0.3) is 0 Å². The number of benzene rings is 1. The van der Waals surface area contributed by atoms with Crippen LogP contribution in [0.5, 0.6) is 0 Å². The number of piperidine rings is 1. The van der Waals surface area contributed by atoms with Crippen LogP contribution in [0, 0.1) is 24.2 Å². The van der Waals surface area contributed by atoms with E-state index in [1.165, 1.54) is 6.07 Å². The highest BCUT2D eigenvalue weighted by Gasteiger charge is 2.66. The van der Waals surface area contributed by atoms with Crippen molar-refractivity contribution in [3.8, 4) is 0 Å². The monoisotopic (exact) mass is 378 g/mol. The molecule has 5 aliphatic rings. The molecule has 4 nitrogen and oxygen atoms in total. The molecule has 1 aliphatic heterocycles. The molecule has 1 heterocycles. The highest BCUT2D eigenvalue weighted by molar-refractivity contribution is 5.99. The molecule has 0 radical (unpaired) electrons. The molecule has 144 valence electrons. The lowest BCUT2D eigenvalue weighted by Crippen LogP contribution is -2.63. The Morgan fingerprint density at radius 1 is 1.19 bits per heavy atom. The number of amides is 2. The number of anilines is 1. The van der Waals surface area contributed by atoms with E-state index in [-0.39, 0.29) is 23.3 Å². The number of likely N-dealkylation sites (tertiary alicyclic amines) is 1. The molecule has 1 N–H and O–H groups in total. The third kappa shape index (κ3) is 2.50. The van der Waals surface area contributed by atoms with Gasteiger partial charge in [0.2, 0.25) is 11.8 Å². The van der Waals surface area contributed by atoms with Gasteiger partial charge in [-0.1, -0.05) is 0 Å². The molecule has 7 heteroatoms. The van der Waals surface area contributed by atoms with Crippen molar-refractivity contribution in [3.05, 3.63) is 29.3 Å². The van der Waals surface area contributed by atoms with Gasteiger partial charge in [0.1, 0.15) is 6.04 Å². The van der Waals surface area contributed by atoms with Crippen LogP contribution >= 0.6 is 0 Å². The van der Waals surface area contributed by atoms with Crippen LogP contribution in [0.2, 0.25) is 0 Å². The molecule has 3 atom stereocenters. The number of carbonyl (C=O) groups excluding carboxylic acids is 2. The predicted molar refractivity (Wildman–Crippen MR) is 91.7 cm³/mol. The van der Waals surface area contributed by atoms with Gasteiger partial charge in [0, 0.05) is 11.7 Å². The Hall–Kier alpha value is -2.05. The van der Waals surface area contributed by atoms with Gasteiger partial charge >= 0.3 is 6.18 Å². The van der Waals surface area contributed by atoms with E-state index in [4.69, 9.17) is 0 Å². The molecule has 2 amide bonds. The van der Waals surface area contributed by atoms with E-state index >= 15 is 0 Å². The lowest BCUT2D eigenvalue weighted by molar-refractivity contribution is -0.179. The smallest absolute Gasteiger partial charge is 0.327 e. The Bertz CT molecular complexity index is 833. The average molecular weight is 378 g/mol. The first-order valence-electron chi connectivity index (χ1n) is 9.49. The number of hydrogen-bond donors (Lipinski definition) is 1. The second-order valence-corrected chi connectivity index (χ2v) is 8.80. The standard InChI is InChI=1S/C20H21F3N2O2/c1-10-4-13(20(21,22)23)2-3-14(10)24-17(26)16-6-12-5-15(12)25(16)18(27)19-7-11(8-19)9-19/h2-4,11-12,15-16H,5-9H2,1H3,(H,24,26)/t11?,12-,15-,16-,19?/m0/s1. The van der Waals surface area contributed by atoms with E-state index in [2.05, 4.69) is 5.32 Å². The SMILES string of the molecule is Cc1cc(C(F)(F)F)ccc1NC(=O)[C@@H]1C[C@@H]2C[C@@H]2N1C(=O)C12CC(C1)C2. The van der Waals surface area contributed by atoms with Gasteiger partial charge < -0.3 is 10.2 Å². The molecule has 1 aromatic carbocycles. The maximum absolute atomic E-state index is 13.0. The van der Waals surface area contributed by atoms with E-state index in [0.717, 1.165) is 37.8 Å². The number of halogens is 3. The van der Waals surface area contributed by atoms with Crippen molar-refractivity contribution < 1.29 is 22.8 Å². The normalized spacial score (nSPS) is 35.8. The molecule has 4 saturated carbocycles. The number of nitrogens with one attached hydrogen (secondary N) is 1. The number of nitrogens with zero attached hydrogens (tertiary/aromatic N) is 1. The number of hydrogen-bond acceptors (Lipinski definition) is 2. The fourth-order valence-corrected chi connectivity index (χ4v) is 5.19. The predicted octanol–water partition coefficient (Wildman–Crippen LogP) is 3.74. The molecular weight excluding hydrogens is 357 g/mol. The van der Waals surface area contributed by atoms with Crippen molar-refractivity contribution in [2.75, 3.05) is 5.32 Å². The van der Waals surface area contributed by atoms with Crippen LogP contribution in [0.1, 0.15) is 43.2 Å². The molecule has 2 bridgehead atoms. The van der Waals surface area contributed by atoms with Crippen LogP contribution in [0.3, 0.4) is 0 Å². The second-order valence-electron chi connectivity index (χ2n) is 8.80. The Kier molecular flexibility index (Phi) is 3.33. The van der Waals surface area contributed by atoms with Crippen molar-refractivity contribution in [1.82, 2.24) is 4.90 Å². The van der Waals surface area contributed by atoms with Gasteiger partial charge in [-0.3, -0.25) is 9.59 Å². The molecule has 1 aromatic rings. The molecular formula is C20H21F3N2O2.